The molecule has 1 aromatic carbocycles. The van der Waals surface area contributed by atoms with E-state index in [-0.39, 0.29) is 6.10 Å². The molecule has 1 nitrogen and oxygen atoms in total. The van der Waals surface area contributed by atoms with Crippen molar-refractivity contribution in [1.82, 2.24) is 0 Å². The summed E-state index contributed by atoms with van der Waals surface area (Å²) in [6.07, 6.45) is 6.24. The molecule has 0 saturated heterocycles. The molecule has 1 aliphatic carbocycles. The Morgan fingerprint density at radius 2 is 2.12 bits per heavy atom. The Balaban J connectivity index is 1.73. The Kier molecular flexibility index (Phi) is 4.93. The van der Waals surface area contributed by atoms with Gasteiger partial charge in [0.2, 0.25) is 0 Å². The maximum absolute atomic E-state index is 10.0. The van der Waals surface area contributed by atoms with Crippen molar-refractivity contribution in [3.8, 4) is 0 Å². The molecule has 1 aliphatic rings. The van der Waals surface area contributed by atoms with Crippen LogP contribution in [0.25, 0.3) is 0 Å². The molecular weight excluding hydrogens is 228 g/mol. The largest absolute Gasteiger partial charge is 0.392 e. The van der Waals surface area contributed by atoms with E-state index in [0.717, 1.165) is 18.1 Å². The van der Waals surface area contributed by atoms with Crippen LogP contribution in [0.2, 0.25) is 0 Å². The van der Waals surface area contributed by atoms with E-state index in [2.05, 4.69) is 31.2 Å². The molecule has 1 N–H and O–H groups in total. The fourth-order valence-electron chi connectivity index (χ4n) is 2.60. The Hall–Kier alpha value is -0.470. The van der Waals surface area contributed by atoms with E-state index >= 15 is 0 Å². The van der Waals surface area contributed by atoms with E-state index in [9.17, 15) is 5.11 Å². The summed E-state index contributed by atoms with van der Waals surface area (Å²) in [4.78, 5) is 1.27. The standard InChI is InChI=1S/C15H22OS/c1-12-5-4-8-15(9-12)17-11-14(16)10-13-6-2-3-7-13/h4-5,8-9,13-14,16H,2-3,6-7,10-11H2,1H3. The lowest BCUT2D eigenvalue weighted by Gasteiger charge is -2.15. The fraction of sp³-hybridized carbons (Fsp3) is 0.600. The number of aryl methyl sites for hydroxylation is 1. The van der Waals surface area contributed by atoms with Crippen molar-refractivity contribution in [3.63, 3.8) is 0 Å². The van der Waals surface area contributed by atoms with E-state index in [4.69, 9.17) is 0 Å². The Morgan fingerprint density at radius 3 is 2.82 bits per heavy atom. The molecular formula is C15H22OS. The molecule has 1 fully saturated rings. The lowest BCUT2D eigenvalue weighted by molar-refractivity contribution is 0.166. The van der Waals surface area contributed by atoms with Crippen LogP contribution in [0, 0.1) is 12.8 Å². The SMILES string of the molecule is Cc1cccc(SCC(O)CC2CCCC2)c1. The molecule has 0 radical (unpaired) electrons. The molecule has 17 heavy (non-hydrogen) atoms. The maximum Gasteiger partial charge on any atom is 0.0636 e. The first kappa shape index (κ1) is 13.0. The van der Waals surface area contributed by atoms with Gasteiger partial charge in [-0.15, -0.1) is 11.8 Å². The minimum absolute atomic E-state index is 0.136. The predicted octanol–water partition coefficient (Wildman–Crippen LogP) is 4.03. The van der Waals surface area contributed by atoms with E-state index < -0.39 is 0 Å². The number of hydrogen-bond acceptors (Lipinski definition) is 2. The van der Waals surface area contributed by atoms with E-state index in [0.29, 0.717) is 0 Å². The second-order valence-electron chi connectivity index (χ2n) is 5.17. The molecule has 1 atom stereocenters. The van der Waals surface area contributed by atoms with Gasteiger partial charge in [-0.3, -0.25) is 0 Å². The van der Waals surface area contributed by atoms with Crippen LogP contribution in [0.1, 0.15) is 37.7 Å². The number of aliphatic hydroxyl groups excluding tert-OH is 1. The summed E-state index contributed by atoms with van der Waals surface area (Å²) in [5.74, 6) is 1.61. The van der Waals surface area contributed by atoms with Gasteiger partial charge in [0.15, 0.2) is 0 Å². The highest BCUT2D eigenvalue weighted by atomic mass is 32.2. The molecule has 1 aromatic rings. The highest BCUT2D eigenvalue weighted by molar-refractivity contribution is 7.99. The Morgan fingerprint density at radius 1 is 1.35 bits per heavy atom. The maximum atomic E-state index is 10.0. The minimum atomic E-state index is -0.136. The van der Waals surface area contributed by atoms with Gasteiger partial charge in [-0.2, -0.15) is 0 Å². The average molecular weight is 250 g/mol. The van der Waals surface area contributed by atoms with Gasteiger partial charge in [0, 0.05) is 10.6 Å². The normalized spacial score (nSPS) is 18.5. The van der Waals surface area contributed by atoms with Gasteiger partial charge in [0.25, 0.3) is 0 Å². The van der Waals surface area contributed by atoms with Crippen molar-refractivity contribution < 1.29 is 5.11 Å². The zero-order valence-electron chi connectivity index (χ0n) is 10.6. The summed E-state index contributed by atoms with van der Waals surface area (Å²) >= 11 is 1.78. The lowest BCUT2D eigenvalue weighted by atomic mass is 10.0. The molecule has 0 aromatic heterocycles. The van der Waals surface area contributed by atoms with Crippen LogP contribution in [0.4, 0.5) is 0 Å². The number of benzene rings is 1. The van der Waals surface area contributed by atoms with E-state index in [1.54, 1.807) is 11.8 Å². The summed E-state index contributed by atoms with van der Waals surface area (Å²) in [7, 11) is 0. The molecule has 94 valence electrons. The number of thioether (sulfide) groups is 1. The third-order valence-corrected chi connectivity index (χ3v) is 4.65. The van der Waals surface area contributed by atoms with E-state index in [1.807, 2.05) is 0 Å². The smallest absolute Gasteiger partial charge is 0.0636 e. The zero-order chi connectivity index (χ0) is 12.1. The third-order valence-electron chi connectivity index (χ3n) is 3.51. The number of aliphatic hydroxyl groups is 1. The van der Waals surface area contributed by atoms with Crippen molar-refractivity contribution in [2.75, 3.05) is 5.75 Å². The second-order valence-corrected chi connectivity index (χ2v) is 6.26. The van der Waals surface area contributed by atoms with Gasteiger partial charge < -0.3 is 5.11 Å². The quantitative estimate of drug-likeness (QED) is 0.796. The molecule has 0 spiro atoms. The number of hydrogen-bond donors (Lipinski definition) is 1. The zero-order valence-corrected chi connectivity index (χ0v) is 11.4. The summed E-state index contributed by atoms with van der Waals surface area (Å²) in [6, 6.07) is 8.51. The fourth-order valence-corrected chi connectivity index (χ4v) is 3.56. The van der Waals surface area contributed by atoms with Gasteiger partial charge in [-0.05, 0) is 31.4 Å². The summed E-state index contributed by atoms with van der Waals surface area (Å²) in [6.45, 7) is 2.11. The van der Waals surface area contributed by atoms with Crippen molar-refractivity contribution in [1.29, 1.82) is 0 Å². The topological polar surface area (TPSA) is 20.2 Å². The monoisotopic (exact) mass is 250 g/mol. The predicted molar refractivity (Wildman–Crippen MR) is 74.5 cm³/mol. The van der Waals surface area contributed by atoms with Crippen molar-refractivity contribution >= 4 is 11.8 Å². The molecule has 0 bridgehead atoms. The highest BCUT2D eigenvalue weighted by Gasteiger charge is 2.18. The van der Waals surface area contributed by atoms with Gasteiger partial charge in [0.05, 0.1) is 6.10 Å². The first-order chi connectivity index (χ1) is 8.24. The molecule has 2 heteroatoms. The van der Waals surface area contributed by atoms with Crippen molar-refractivity contribution in [3.05, 3.63) is 29.8 Å². The third kappa shape index (κ3) is 4.36. The summed E-state index contributed by atoms with van der Waals surface area (Å²) in [5, 5.41) is 10.0. The van der Waals surface area contributed by atoms with Crippen LogP contribution in [0.15, 0.2) is 29.2 Å². The molecule has 0 amide bonds. The highest BCUT2D eigenvalue weighted by Crippen LogP contribution is 2.30. The van der Waals surface area contributed by atoms with Crippen molar-refractivity contribution in [2.45, 2.75) is 50.0 Å². The summed E-state index contributed by atoms with van der Waals surface area (Å²) < 4.78 is 0. The van der Waals surface area contributed by atoms with E-state index in [1.165, 1.54) is 36.1 Å². The van der Waals surface area contributed by atoms with Crippen LogP contribution in [-0.2, 0) is 0 Å². The van der Waals surface area contributed by atoms with Crippen LogP contribution in [-0.4, -0.2) is 17.0 Å². The van der Waals surface area contributed by atoms with Crippen molar-refractivity contribution in [2.24, 2.45) is 5.92 Å². The second kappa shape index (κ2) is 6.46. The molecule has 0 heterocycles. The minimum Gasteiger partial charge on any atom is -0.392 e. The Bertz CT molecular complexity index is 345. The number of rotatable bonds is 5. The van der Waals surface area contributed by atoms with Crippen LogP contribution >= 0.6 is 11.8 Å². The lowest BCUT2D eigenvalue weighted by Crippen LogP contribution is -2.14. The average Bonchev–Trinajstić information content (AvgIpc) is 2.79. The Labute approximate surface area is 109 Å². The summed E-state index contributed by atoms with van der Waals surface area (Å²) in [5.41, 5.74) is 1.29. The van der Waals surface area contributed by atoms with Gasteiger partial charge in [0.1, 0.15) is 0 Å². The first-order valence-electron chi connectivity index (χ1n) is 6.61. The van der Waals surface area contributed by atoms with Crippen LogP contribution < -0.4 is 0 Å². The molecule has 1 unspecified atom stereocenters. The van der Waals surface area contributed by atoms with Gasteiger partial charge >= 0.3 is 0 Å². The van der Waals surface area contributed by atoms with Crippen LogP contribution in [0.5, 0.6) is 0 Å². The first-order valence-corrected chi connectivity index (χ1v) is 7.60. The van der Waals surface area contributed by atoms with Crippen LogP contribution in [0.3, 0.4) is 0 Å². The van der Waals surface area contributed by atoms with Gasteiger partial charge in [-0.25, -0.2) is 0 Å². The molecule has 0 aliphatic heterocycles. The molecule has 1 saturated carbocycles. The van der Waals surface area contributed by atoms with Gasteiger partial charge in [-0.1, -0.05) is 43.4 Å². The molecule has 2 rings (SSSR count).